The molecule has 216 valence electrons. The van der Waals surface area contributed by atoms with E-state index in [1.165, 1.54) is 44.9 Å². The monoisotopic (exact) mass is 570 g/mol. The van der Waals surface area contributed by atoms with Gasteiger partial charge in [-0.3, -0.25) is 0 Å². The number of benzene rings is 1. The summed E-state index contributed by atoms with van der Waals surface area (Å²) in [7, 11) is 0. The first kappa shape index (κ1) is 33.7. The molecule has 0 unspecified atom stereocenters. The zero-order valence-electron chi connectivity index (χ0n) is 20.7. The summed E-state index contributed by atoms with van der Waals surface area (Å²) < 4.78 is 118. The molecular weight excluding hydrogens is 536 g/mol. The summed E-state index contributed by atoms with van der Waals surface area (Å²) in [5.74, 6) is -6.77. The van der Waals surface area contributed by atoms with Crippen molar-refractivity contribution in [3.05, 3.63) is 22.8 Å². The van der Waals surface area contributed by atoms with E-state index in [-0.39, 0.29) is 6.42 Å². The van der Waals surface area contributed by atoms with Crippen molar-refractivity contribution in [1.82, 2.24) is 0 Å². The van der Waals surface area contributed by atoms with Gasteiger partial charge in [0.05, 0.1) is 23.5 Å². The van der Waals surface area contributed by atoms with Gasteiger partial charge in [0.2, 0.25) is 0 Å². The molecule has 1 N–H and O–H groups in total. The molecule has 4 nitrogen and oxygen atoms in total. The number of unbranched alkanes of at least 4 members (excludes halogenated alkanes) is 13. The Balaban J connectivity index is 2.60. The predicted octanol–water partition coefficient (Wildman–Crippen LogP) is 10.3. The van der Waals surface area contributed by atoms with E-state index in [1.807, 2.05) is 0 Å². The van der Waals surface area contributed by atoms with Gasteiger partial charge in [-0.05, 0) is 6.42 Å². The largest absolute Gasteiger partial charge is 0.490 e. The lowest BCUT2D eigenvalue weighted by atomic mass is 10.0. The van der Waals surface area contributed by atoms with E-state index in [2.05, 4.69) is 16.3 Å². The Morgan fingerprint density at radius 2 is 1.08 bits per heavy atom. The molecule has 1 aromatic rings. The van der Waals surface area contributed by atoms with Crippen LogP contribution in [-0.4, -0.2) is 11.9 Å². The van der Waals surface area contributed by atoms with Crippen LogP contribution >= 0.6 is 12.0 Å². The van der Waals surface area contributed by atoms with Crippen LogP contribution < -0.4 is 4.74 Å². The van der Waals surface area contributed by atoms with Crippen LogP contribution in [0.25, 0.3) is 0 Å². The zero-order valence-corrected chi connectivity index (χ0v) is 21.5. The SMILES string of the molecule is CCCCCCCCCCCCCCCCOc1c(F)c(C(F)(F)F)c(SOOO)c(F)c1C(F)(F)F. The fourth-order valence-corrected chi connectivity index (χ4v) is 4.45. The lowest BCUT2D eigenvalue weighted by Crippen LogP contribution is -2.20. The highest BCUT2D eigenvalue weighted by atomic mass is 32.2. The third-order valence-corrected chi connectivity index (χ3v) is 6.43. The fourth-order valence-electron chi connectivity index (χ4n) is 3.89. The Morgan fingerprint density at radius 1 is 0.649 bits per heavy atom. The van der Waals surface area contributed by atoms with Gasteiger partial charge in [-0.15, -0.1) is 4.33 Å². The smallest absolute Gasteiger partial charge is 0.422 e. The molecule has 1 aromatic carbocycles. The maximum atomic E-state index is 14.6. The van der Waals surface area contributed by atoms with Crippen molar-refractivity contribution in [3.63, 3.8) is 0 Å². The average molecular weight is 571 g/mol. The van der Waals surface area contributed by atoms with E-state index < -0.39 is 64.4 Å². The van der Waals surface area contributed by atoms with Crippen molar-refractivity contribution in [3.8, 4) is 5.75 Å². The van der Waals surface area contributed by atoms with Gasteiger partial charge in [-0.2, -0.15) is 26.3 Å². The molecule has 0 aliphatic rings. The third-order valence-electron chi connectivity index (χ3n) is 5.75. The van der Waals surface area contributed by atoms with Crippen LogP contribution in [0.2, 0.25) is 0 Å². The molecule has 0 radical (unpaired) electrons. The highest BCUT2D eigenvalue weighted by Crippen LogP contribution is 2.49. The van der Waals surface area contributed by atoms with Crippen LogP contribution in [0, 0.1) is 11.6 Å². The zero-order chi connectivity index (χ0) is 27.9. The molecule has 1 rings (SSSR count). The first-order valence-electron chi connectivity index (χ1n) is 12.4. The second kappa shape index (κ2) is 17.3. The number of hydrogen-bond acceptors (Lipinski definition) is 5. The van der Waals surface area contributed by atoms with E-state index in [9.17, 15) is 35.1 Å². The topological polar surface area (TPSA) is 47.9 Å². The maximum absolute atomic E-state index is 14.6. The van der Waals surface area contributed by atoms with Gasteiger partial charge in [0.25, 0.3) is 0 Å². The summed E-state index contributed by atoms with van der Waals surface area (Å²) >= 11 is -0.760. The van der Waals surface area contributed by atoms with Gasteiger partial charge < -0.3 is 4.74 Å². The van der Waals surface area contributed by atoms with Crippen LogP contribution in [0.5, 0.6) is 5.75 Å². The van der Waals surface area contributed by atoms with Crippen LogP contribution in [0.4, 0.5) is 35.1 Å². The molecule has 0 saturated carbocycles. The van der Waals surface area contributed by atoms with Crippen molar-refractivity contribution < 1.29 is 54.5 Å². The standard InChI is InChI=1S/C24H34F8O4S/c1-2-3-4-5-6-7-8-9-10-11-12-13-14-15-16-34-21-17(23(27,28)29)20(26)22(37-36-35-33)18(19(21)25)24(30,31)32/h33H,2-16H2,1H3. The molecule has 37 heavy (non-hydrogen) atoms. The molecule has 0 aliphatic heterocycles. The van der Waals surface area contributed by atoms with Crippen LogP contribution in [0.1, 0.15) is 108 Å². The summed E-state index contributed by atoms with van der Waals surface area (Å²) in [4.78, 5) is -1.89. The fraction of sp³-hybridized carbons (Fsp3) is 0.750. The van der Waals surface area contributed by atoms with E-state index in [0.29, 0.717) is 6.42 Å². The molecule has 0 aliphatic carbocycles. The van der Waals surface area contributed by atoms with E-state index in [1.54, 1.807) is 0 Å². The maximum Gasteiger partial charge on any atom is 0.422 e. The molecule has 0 atom stereocenters. The lowest BCUT2D eigenvalue weighted by Gasteiger charge is -2.21. The Labute approximate surface area is 216 Å². The Bertz CT molecular complexity index is 788. The number of ether oxygens (including phenoxy) is 1. The number of alkyl halides is 6. The van der Waals surface area contributed by atoms with Crippen LogP contribution in [0.15, 0.2) is 4.90 Å². The molecular formula is C24H34F8O4S. The molecule has 0 amide bonds. The minimum atomic E-state index is -5.59. The summed E-state index contributed by atoms with van der Waals surface area (Å²) in [6.45, 7) is 1.65. The number of rotatable bonds is 19. The van der Waals surface area contributed by atoms with Crippen LogP contribution in [-0.2, 0) is 21.7 Å². The third kappa shape index (κ3) is 12.0. The van der Waals surface area contributed by atoms with Crippen molar-refractivity contribution in [1.29, 1.82) is 0 Å². The second-order valence-electron chi connectivity index (χ2n) is 8.70. The van der Waals surface area contributed by atoms with E-state index in [4.69, 9.17) is 9.99 Å². The molecule has 0 aromatic heterocycles. The summed E-state index contributed by atoms with van der Waals surface area (Å²) in [5, 5.41) is 11.1. The highest BCUT2D eigenvalue weighted by molar-refractivity contribution is 7.94. The average Bonchev–Trinajstić information content (AvgIpc) is 2.80. The molecule has 13 heteroatoms. The van der Waals surface area contributed by atoms with Gasteiger partial charge in [0, 0.05) is 0 Å². The second-order valence-corrected chi connectivity index (χ2v) is 9.41. The lowest BCUT2D eigenvalue weighted by molar-refractivity contribution is -0.432. The summed E-state index contributed by atoms with van der Waals surface area (Å²) in [6, 6.07) is 0. The molecule has 0 heterocycles. The molecule has 0 fully saturated rings. The number of halogens is 8. The van der Waals surface area contributed by atoms with Gasteiger partial charge >= 0.3 is 12.4 Å². The summed E-state index contributed by atoms with van der Waals surface area (Å²) in [6.07, 6.45) is 2.97. The van der Waals surface area contributed by atoms with Crippen molar-refractivity contribution in [2.75, 3.05) is 6.61 Å². The molecule has 0 bridgehead atoms. The van der Waals surface area contributed by atoms with Gasteiger partial charge in [0.1, 0.15) is 11.1 Å². The predicted molar refractivity (Wildman–Crippen MR) is 123 cm³/mol. The van der Waals surface area contributed by atoms with Crippen molar-refractivity contribution in [2.24, 2.45) is 0 Å². The summed E-state index contributed by atoms with van der Waals surface area (Å²) in [5.41, 5.74) is -4.71. The Kier molecular flexibility index (Phi) is 15.8. The van der Waals surface area contributed by atoms with E-state index in [0.717, 1.165) is 32.1 Å². The van der Waals surface area contributed by atoms with Gasteiger partial charge in [-0.1, -0.05) is 95.4 Å². The first-order valence-corrected chi connectivity index (χ1v) is 13.2. The van der Waals surface area contributed by atoms with Crippen molar-refractivity contribution >= 4 is 12.0 Å². The Morgan fingerprint density at radius 3 is 1.49 bits per heavy atom. The molecule has 0 spiro atoms. The molecule has 0 saturated heterocycles. The minimum Gasteiger partial charge on any atom is -0.490 e. The van der Waals surface area contributed by atoms with Gasteiger partial charge in [0.15, 0.2) is 17.4 Å². The first-order chi connectivity index (χ1) is 17.5. The van der Waals surface area contributed by atoms with E-state index >= 15 is 0 Å². The Hall–Kier alpha value is -1.31. The minimum absolute atomic E-state index is 0.148. The number of hydrogen-bond donors (Lipinski definition) is 1. The normalized spacial score (nSPS) is 12.4. The van der Waals surface area contributed by atoms with Crippen molar-refractivity contribution in [2.45, 2.75) is 114 Å². The van der Waals surface area contributed by atoms with Crippen LogP contribution in [0.3, 0.4) is 0 Å². The quantitative estimate of drug-likeness (QED) is 0.0590. The van der Waals surface area contributed by atoms with Gasteiger partial charge in [-0.25, -0.2) is 14.0 Å². The highest BCUT2D eigenvalue weighted by Gasteiger charge is 2.48.